The van der Waals surface area contributed by atoms with Crippen molar-refractivity contribution in [3.63, 3.8) is 0 Å². The summed E-state index contributed by atoms with van der Waals surface area (Å²) in [5.74, 6) is 0.706. The molecule has 0 saturated heterocycles. The van der Waals surface area contributed by atoms with Gasteiger partial charge in [0.25, 0.3) is 5.19 Å². The molecule has 1 aromatic carbocycles. The van der Waals surface area contributed by atoms with Gasteiger partial charge in [-0.25, -0.2) is 14.8 Å². The number of hydrogen-bond donors (Lipinski definition) is 1. The molecule has 0 atom stereocenters. The van der Waals surface area contributed by atoms with E-state index in [2.05, 4.69) is 25.3 Å². The summed E-state index contributed by atoms with van der Waals surface area (Å²) in [5, 5.41) is 13.8. The van der Waals surface area contributed by atoms with Crippen molar-refractivity contribution in [2.45, 2.75) is 10.1 Å². The van der Waals surface area contributed by atoms with Crippen molar-refractivity contribution in [1.29, 1.82) is 0 Å². The van der Waals surface area contributed by atoms with Crippen LogP contribution in [0.25, 0.3) is 21.7 Å². The molecule has 0 bridgehead atoms. The van der Waals surface area contributed by atoms with Gasteiger partial charge in [0.05, 0.1) is 10.2 Å². The number of benzene rings is 1. The molecule has 0 aliphatic rings. The SMILES string of the molecule is NC(=O)Oc1nc2ccc(Sc3nnc4ccc(-n5ccnc5)nn34)cc2s1. The first-order valence-corrected chi connectivity index (χ1v) is 9.55. The van der Waals surface area contributed by atoms with Crippen LogP contribution in [0.2, 0.25) is 0 Å². The molecule has 0 aliphatic carbocycles. The van der Waals surface area contributed by atoms with E-state index in [9.17, 15) is 4.79 Å². The molecule has 0 spiro atoms. The van der Waals surface area contributed by atoms with E-state index in [1.165, 1.54) is 23.1 Å². The molecule has 138 valence electrons. The van der Waals surface area contributed by atoms with Crippen LogP contribution in [0.15, 0.2) is 59.1 Å². The monoisotopic (exact) mass is 410 g/mol. The number of amides is 1. The van der Waals surface area contributed by atoms with E-state index in [1.54, 1.807) is 21.6 Å². The smallest absolute Gasteiger partial charge is 0.381 e. The van der Waals surface area contributed by atoms with Gasteiger partial charge in [0, 0.05) is 17.3 Å². The summed E-state index contributed by atoms with van der Waals surface area (Å²) < 4.78 is 9.19. The van der Waals surface area contributed by atoms with Crippen molar-refractivity contribution in [2.75, 3.05) is 0 Å². The number of imidazole rings is 1. The number of primary amides is 1. The number of aromatic nitrogens is 7. The Labute approximate surface area is 165 Å². The first-order chi connectivity index (χ1) is 13.7. The minimum atomic E-state index is -0.886. The lowest BCUT2D eigenvalue weighted by molar-refractivity contribution is 0.211. The second-order valence-corrected chi connectivity index (χ2v) is 7.58. The minimum absolute atomic E-state index is 0.212. The zero-order valence-corrected chi connectivity index (χ0v) is 15.6. The van der Waals surface area contributed by atoms with Gasteiger partial charge < -0.3 is 10.5 Å². The molecule has 0 aliphatic heterocycles. The quantitative estimate of drug-likeness (QED) is 0.479. The number of fused-ring (bicyclic) bond motifs is 2. The molecular formula is C16H10N8O2S2. The third-order valence-electron chi connectivity index (χ3n) is 3.73. The van der Waals surface area contributed by atoms with Crippen LogP contribution in [0.4, 0.5) is 4.79 Å². The molecule has 5 rings (SSSR count). The average Bonchev–Trinajstić information content (AvgIpc) is 3.40. The molecule has 0 radical (unpaired) electrons. The Bertz CT molecular complexity index is 1310. The van der Waals surface area contributed by atoms with Crippen molar-refractivity contribution in [2.24, 2.45) is 5.73 Å². The van der Waals surface area contributed by atoms with Crippen molar-refractivity contribution < 1.29 is 9.53 Å². The van der Waals surface area contributed by atoms with Gasteiger partial charge in [-0.15, -0.1) is 15.3 Å². The molecule has 10 nitrogen and oxygen atoms in total. The maximum Gasteiger partial charge on any atom is 0.411 e. The van der Waals surface area contributed by atoms with Crippen LogP contribution < -0.4 is 10.5 Å². The first kappa shape index (κ1) is 16.6. The molecule has 5 aromatic rings. The van der Waals surface area contributed by atoms with Crippen molar-refractivity contribution in [3.8, 4) is 11.0 Å². The van der Waals surface area contributed by atoms with Crippen LogP contribution in [0.3, 0.4) is 0 Å². The van der Waals surface area contributed by atoms with Gasteiger partial charge in [-0.05, 0) is 42.1 Å². The second kappa shape index (κ2) is 6.58. The lowest BCUT2D eigenvalue weighted by Gasteiger charge is -2.03. The maximum absolute atomic E-state index is 10.9. The van der Waals surface area contributed by atoms with Crippen LogP contribution >= 0.6 is 23.1 Å². The molecule has 1 amide bonds. The highest BCUT2D eigenvalue weighted by atomic mass is 32.2. The summed E-state index contributed by atoms with van der Waals surface area (Å²) in [5.41, 5.74) is 6.40. The van der Waals surface area contributed by atoms with Gasteiger partial charge in [-0.1, -0.05) is 11.3 Å². The van der Waals surface area contributed by atoms with Crippen molar-refractivity contribution >= 4 is 45.1 Å². The van der Waals surface area contributed by atoms with Gasteiger partial charge in [0.15, 0.2) is 11.5 Å². The average molecular weight is 410 g/mol. The highest BCUT2D eigenvalue weighted by Gasteiger charge is 2.13. The summed E-state index contributed by atoms with van der Waals surface area (Å²) >= 11 is 2.66. The van der Waals surface area contributed by atoms with Crippen molar-refractivity contribution in [3.05, 3.63) is 49.1 Å². The molecule has 2 N–H and O–H groups in total. The number of nitrogens with two attached hydrogens (primary N) is 1. The molecule has 4 aromatic heterocycles. The number of hydrogen-bond acceptors (Lipinski definition) is 9. The van der Waals surface area contributed by atoms with Crippen molar-refractivity contribution in [1.82, 2.24) is 34.3 Å². The van der Waals surface area contributed by atoms with E-state index in [0.29, 0.717) is 16.6 Å². The third-order valence-corrected chi connectivity index (χ3v) is 5.55. The van der Waals surface area contributed by atoms with E-state index in [4.69, 9.17) is 10.5 Å². The lowest BCUT2D eigenvalue weighted by atomic mass is 10.3. The van der Waals surface area contributed by atoms with E-state index >= 15 is 0 Å². The summed E-state index contributed by atoms with van der Waals surface area (Å²) in [4.78, 5) is 20.1. The van der Waals surface area contributed by atoms with Gasteiger partial charge in [0.2, 0.25) is 5.16 Å². The number of carbonyl (C=O) groups excluding carboxylic acids is 1. The Hall–Kier alpha value is -3.51. The standard InChI is InChI=1S/C16H10N8O2S2/c17-14(25)26-16-19-10-2-1-9(7-11(10)28-16)27-15-21-20-12-3-4-13(22-24(12)15)23-6-5-18-8-23/h1-8H,(H2,17,25). The fourth-order valence-electron chi connectivity index (χ4n) is 2.54. The Balaban J connectivity index is 1.49. The highest BCUT2D eigenvalue weighted by molar-refractivity contribution is 7.99. The zero-order valence-electron chi connectivity index (χ0n) is 14.0. The fourth-order valence-corrected chi connectivity index (χ4v) is 4.30. The third kappa shape index (κ3) is 3.04. The number of carbonyl (C=O) groups is 1. The summed E-state index contributed by atoms with van der Waals surface area (Å²) in [6.07, 6.45) is 4.29. The summed E-state index contributed by atoms with van der Waals surface area (Å²) in [7, 11) is 0. The summed E-state index contributed by atoms with van der Waals surface area (Å²) in [6.45, 7) is 0. The minimum Gasteiger partial charge on any atom is -0.381 e. The van der Waals surface area contributed by atoms with Gasteiger partial charge in [-0.3, -0.25) is 4.57 Å². The molecular weight excluding hydrogens is 400 g/mol. The van der Waals surface area contributed by atoms with E-state index in [1.807, 2.05) is 36.5 Å². The fraction of sp³-hybridized carbons (Fsp3) is 0. The molecule has 0 saturated carbocycles. The normalized spacial score (nSPS) is 11.3. The number of ether oxygens (including phenoxy) is 1. The predicted molar refractivity (Wildman–Crippen MR) is 102 cm³/mol. The van der Waals surface area contributed by atoms with Gasteiger partial charge in [0.1, 0.15) is 6.33 Å². The van der Waals surface area contributed by atoms with Crippen LogP contribution in [0.5, 0.6) is 5.19 Å². The Morgan fingerprint density at radius 3 is 2.96 bits per heavy atom. The van der Waals surface area contributed by atoms with Crippen LogP contribution in [0, 0.1) is 0 Å². The number of rotatable bonds is 4. The zero-order chi connectivity index (χ0) is 19.1. The van der Waals surface area contributed by atoms with E-state index < -0.39 is 6.09 Å². The second-order valence-electron chi connectivity index (χ2n) is 5.55. The first-order valence-electron chi connectivity index (χ1n) is 7.92. The van der Waals surface area contributed by atoms with Crippen LogP contribution in [-0.4, -0.2) is 40.4 Å². The van der Waals surface area contributed by atoms with E-state index in [0.717, 1.165) is 15.1 Å². The van der Waals surface area contributed by atoms with Gasteiger partial charge >= 0.3 is 6.09 Å². The molecule has 28 heavy (non-hydrogen) atoms. The Morgan fingerprint density at radius 1 is 1.21 bits per heavy atom. The topological polar surface area (TPSA) is 126 Å². The molecule has 4 heterocycles. The number of thiazole rings is 1. The highest BCUT2D eigenvalue weighted by Crippen LogP contribution is 2.33. The van der Waals surface area contributed by atoms with E-state index in [-0.39, 0.29) is 5.19 Å². The molecule has 0 fully saturated rings. The summed E-state index contributed by atoms with van der Waals surface area (Å²) in [6, 6.07) is 9.38. The largest absolute Gasteiger partial charge is 0.411 e. The molecule has 0 unspecified atom stereocenters. The Kier molecular flexibility index (Phi) is 3.91. The number of nitrogens with zero attached hydrogens (tertiary/aromatic N) is 7. The Morgan fingerprint density at radius 2 is 2.14 bits per heavy atom. The predicted octanol–water partition coefficient (Wildman–Crippen LogP) is 2.53. The van der Waals surface area contributed by atoms with Crippen LogP contribution in [-0.2, 0) is 0 Å². The van der Waals surface area contributed by atoms with Gasteiger partial charge in [-0.2, -0.15) is 4.52 Å². The lowest BCUT2D eigenvalue weighted by Crippen LogP contribution is -2.15. The maximum atomic E-state index is 10.9. The van der Waals surface area contributed by atoms with Crippen LogP contribution in [0.1, 0.15) is 0 Å². The molecule has 12 heteroatoms.